The standard InChI is InChI=1S/C27H18N4O2S3.C2H6/c32-24(18-9-10-23-21(13-18)31-25(33)20-3-1-2-4-22(20)36-23)29-14-19-15-30-27(35-19)17-7-5-16(6-8-17)26-28-11-12-34-26;1-2/h1-13,15H,14H2,(H,29,32)(H,31,33);1-2H3. The van der Waals surface area contributed by atoms with E-state index < -0.39 is 0 Å². The lowest BCUT2D eigenvalue weighted by Crippen LogP contribution is -2.22. The number of nitrogens with zero attached hydrogens (tertiary/aromatic N) is 2. The number of benzene rings is 3. The lowest BCUT2D eigenvalue weighted by atomic mass is 10.1. The minimum absolute atomic E-state index is 0.175. The largest absolute Gasteiger partial charge is 0.347 e. The van der Waals surface area contributed by atoms with Crippen molar-refractivity contribution < 1.29 is 9.59 Å². The van der Waals surface area contributed by atoms with Crippen LogP contribution in [0.5, 0.6) is 0 Å². The molecular formula is C29H24N4O2S3. The van der Waals surface area contributed by atoms with Crippen LogP contribution in [0.4, 0.5) is 5.69 Å². The highest BCUT2D eigenvalue weighted by Gasteiger charge is 2.20. The molecule has 0 fully saturated rings. The zero-order valence-corrected chi connectivity index (χ0v) is 23.2. The second-order valence-electron chi connectivity index (χ2n) is 7.99. The van der Waals surface area contributed by atoms with E-state index in [2.05, 4.69) is 20.6 Å². The van der Waals surface area contributed by atoms with Crippen LogP contribution in [-0.4, -0.2) is 21.8 Å². The van der Waals surface area contributed by atoms with E-state index in [1.807, 2.05) is 67.8 Å². The molecular weight excluding hydrogens is 533 g/mol. The predicted octanol–water partition coefficient (Wildman–Crippen LogP) is 7.61. The third-order valence-electron chi connectivity index (χ3n) is 5.63. The van der Waals surface area contributed by atoms with E-state index in [0.29, 0.717) is 23.4 Å². The molecule has 5 aromatic rings. The summed E-state index contributed by atoms with van der Waals surface area (Å²) in [5.41, 5.74) is 3.86. The maximum Gasteiger partial charge on any atom is 0.256 e. The molecule has 0 aliphatic carbocycles. The highest BCUT2D eigenvalue weighted by Crippen LogP contribution is 2.39. The number of hydrogen-bond donors (Lipinski definition) is 2. The fourth-order valence-electron chi connectivity index (χ4n) is 3.82. The van der Waals surface area contributed by atoms with Crippen LogP contribution < -0.4 is 10.6 Å². The summed E-state index contributed by atoms with van der Waals surface area (Å²) in [5, 5.41) is 9.74. The molecule has 2 aromatic heterocycles. The summed E-state index contributed by atoms with van der Waals surface area (Å²) in [7, 11) is 0. The van der Waals surface area contributed by atoms with Crippen molar-refractivity contribution in [3.63, 3.8) is 0 Å². The first kappa shape index (κ1) is 25.8. The quantitative estimate of drug-likeness (QED) is 0.233. The van der Waals surface area contributed by atoms with Crippen LogP contribution in [0.2, 0.25) is 0 Å². The van der Waals surface area contributed by atoms with Gasteiger partial charge >= 0.3 is 0 Å². The van der Waals surface area contributed by atoms with Crippen molar-refractivity contribution in [2.75, 3.05) is 5.32 Å². The van der Waals surface area contributed by atoms with Crippen molar-refractivity contribution in [2.24, 2.45) is 0 Å². The van der Waals surface area contributed by atoms with Gasteiger partial charge in [0, 0.05) is 49.1 Å². The molecule has 3 heterocycles. The van der Waals surface area contributed by atoms with Gasteiger partial charge in [-0.25, -0.2) is 9.97 Å². The number of anilines is 1. The summed E-state index contributed by atoms with van der Waals surface area (Å²) in [6.07, 6.45) is 3.59. The van der Waals surface area contributed by atoms with Crippen molar-refractivity contribution in [1.29, 1.82) is 0 Å². The highest BCUT2D eigenvalue weighted by atomic mass is 32.2. The monoisotopic (exact) mass is 556 g/mol. The maximum atomic E-state index is 12.9. The van der Waals surface area contributed by atoms with E-state index >= 15 is 0 Å². The number of hydrogen-bond acceptors (Lipinski definition) is 7. The van der Waals surface area contributed by atoms with Crippen LogP contribution >= 0.6 is 34.4 Å². The number of thiazole rings is 2. The molecule has 1 aliphatic heterocycles. The van der Waals surface area contributed by atoms with E-state index in [-0.39, 0.29) is 11.8 Å². The molecule has 3 aromatic carbocycles. The first-order valence-electron chi connectivity index (χ1n) is 12.1. The molecule has 0 saturated heterocycles. The fourth-order valence-corrected chi connectivity index (χ4v) is 6.33. The molecule has 0 saturated carbocycles. The van der Waals surface area contributed by atoms with Gasteiger partial charge in [-0.3, -0.25) is 9.59 Å². The van der Waals surface area contributed by atoms with Crippen LogP contribution in [0.1, 0.15) is 39.4 Å². The van der Waals surface area contributed by atoms with Crippen molar-refractivity contribution >= 4 is 51.9 Å². The highest BCUT2D eigenvalue weighted by molar-refractivity contribution is 7.99. The van der Waals surface area contributed by atoms with Gasteiger partial charge in [-0.15, -0.1) is 22.7 Å². The molecule has 0 unspecified atom stereocenters. The number of nitrogens with one attached hydrogen (secondary N) is 2. The number of amides is 2. The summed E-state index contributed by atoms with van der Waals surface area (Å²) in [6, 6.07) is 21.0. The minimum Gasteiger partial charge on any atom is -0.347 e. The number of fused-ring (bicyclic) bond motifs is 2. The van der Waals surface area contributed by atoms with Crippen LogP contribution in [0, 0.1) is 0 Å². The lowest BCUT2D eigenvalue weighted by Gasteiger charge is -2.09. The van der Waals surface area contributed by atoms with E-state index in [1.165, 1.54) is 11.8 Å². The molecule has 2 amide bonds. The Balaban J connectivity index is 0.00000144. The number of carbonyl (C=O) groups is 2. The van der Waals surface area contributed by atoms with Crippen LogP contribution in [0.3, 0.4) is 0 Å². The van der Waals surface area contributed by atoms with E-state index in [0.717, 1.165) is 35.8 Å². The van der Waals surface area contributed by atoms with Crippen LogP contribution in [0.15, 0.2) is 94.3 Å². The Morgan fingerprint density at radius 1 is 0.921 bits per heavy atom. The molecule has 6 nitrogen and oxygen atoms in total. The molecule has 190 valence electrons. The Morgan fingerprint density at radius 2 is 1.68 bits per heavy atom. The van der Waals surface area contributed by atoms with Gasteiger partial charge in [0.15, 0.2) is 0 Å². The zero-order chi connectivity index (χ0) is 26.5. The Morgan fingerprint density at radius 3 is 2.45 bits per heavy atom. The minimum atomic E-state index is -0.207. The van der Waals surface area contributed by atoms with Crippen molar-refractivity contribution in [1.82, 2.24) is 15.3 Å². The molecule has 0 bridgehead atoms. The Bertz CT molecular complexity index is 1580. The Hall–Kier alpha value is -3.79. The molecule has 0 radical (unpaired) electrons. The van der Waals surface area contributed by atoms with E-state index in [4.69, 9.17) is 0 Å². The van der Waals surface area contributed by atoms with Crippen molar-refractivity contribution in [3.8, 4) is 21.1 Å². The van der Waals surface area contributed by atoms with Gasteiger partial charge in [-0.2, -0.15) is 0 Å². The van der Waals surface area contributed by atoms with Gasteiger partial charge in [0.1, 0.15) is 10.0 Å². The summed E-state index contributed by atoms with van der Waals surface area (Å²) in [6.45, 7) is 4.37. The average molecular weight is 557 g/mol. The van der Waals surface area contributed by atoms with Crippen molar-refractivity contribution in [3.05, 3.63) is 101 Å². The van der Waals surface area contributed by atoms with Crippen molar-refractivity contribution in [2.45, 2.75) is 30.2 Å². The van der Waals surface area contributed by atoms with Crippen LogP contribution in [-0.2, 0) is 6.54 Å². The van der Waals surface area contributed by atoms with Gasteiger partial charge in [0.25, 0.3) is 11.8 Å². The second kappa shape index (κ2) is 11.7. The molecule has 0 atom stereocenters. The summed E-state index contributed by atoms with van der Waals surface area (Å²) < 4.78 is 0. The van der Waals surface area contributed by atoms with Gasteiger partial charge in [0.2, 0.25) is 0 Å². The lowest BCUT2D eigenvalue weighted by molar-refractivity contribution is 0.0949. The van der Waals surface area contributed by atoms with Gasteiger partial charge < -0.3 is 10.6 Å². The Labute approximate surface area is 233 Å². The molecule has 2 N–H and O–H groups in total. The normalized spacial score (nSPS) is 11.8. The van der Waals surface area contributed by atoms with Crippen LogP contribution in [0.25, 0.3) is 21.1 Å². The number of aromatic nitrogens is 2. The topological polar surface area (TPSA) is 84.0 Å². The maximum absolute atomic E-state index is 12.9. The average Bonchev–Trinajstić information content (AvgIpc) is 3.65. The molecule has 38 heavy (non-hydrogen) atoms. The molecule has 9 heteroatoms. The number of rotatable bonds is 5. The van der Waals surface area contributed by atoms with E-state index in [9.17, 15) is 9.59 Å². The Kier molecular flexibility index (Phi) is 7.97. The second-order valence-corrected chi connectivity index (χ2v) is 11.1. The first-order valence-corrected chi connectivity index (χ1v) is 14.6. The van der Waals surface area contributed by atoms with E-state index in [1.54, 1.807) is 53.3 Å². The van der Waals surface area contributed by atoms with Gasteiger partial charge in [0.05, 0.1) is 17.8 Å². The SMILES string of the molecule is CC.O=C(NCc1cnc(-c2ccc(-c3nccs3)cc2)s1)c1ccc2c(c1)NC(=O)c1ccccc1S2. The molecule has 6 rings (SSSR count). The first-order chi connectivity index (χ1) is 18.6. The summed E-state index contributed by atoms with van der Waals surface area (Å²) in [5.74, 6) is -0.382. The molecule has 0 spiro atoms. The number of carbonyl (C=O) groups excluding carboxylic acids is 2. The fraction of sp³-hybridized carbons (Fsp3) is 0.103. The third-order valence-corrected chi connectivity index (χ3v) is 8.65. The third kappa shape index (κ3) is 5.55. The zero-order valence-electron chi connectivity index (χ0n) is 20.7. The summed E-state index contributed by atoms with van der Waals surface area (Å²) >= 11 is 4.67. The smallest absolute Gasteiger partial charge is 0.256 e. The van der Waals surface area contributed by atoms with Gasteiger partial charge in [-0.1, -0.05) is 62.0 Å². The van der Waals surface area contributed by atoms with Gasteiger partial charge in [-0.05, 0) is 30.3 Å². The predicted molar refractivity (Wildman–Crippen MR) is 156 cm³/mol. The summed E-state index contributed by atoms with van der Waals surface area (Å²) in [4.78, 5) is 37.1. The molecule has 1 aliphatic rings.